The normalized spacial score (nSPS) is 14.3. The van der Waals surface area contributed by atoms with Crippen molar-refractivity contribution >= 4 is 17.9 Å². The van der Waals surface area contributed by atoms with Gasteiger partial charge in [-0.1, -0.05) is 243 Å². The topological polar surface area (TPSA) is 173 Å². The molecule has 15 nitrogen and oxygen atoms in total. The van der Waals surface area contributed by atoms with Crippen LogP contribution in [-0.2, 0) is 81.3 Å². The van der Waals surface area contributed by atoms with Crippen LogP contribution in [-0.4, -0.2) is 61.1 Å². The number of aliphatic hydroxyl groups excluding tert-OH is 1. The average molecular weight is 1230 g/mol. The second-order valence-corrected chi connectivity index (χ2v) is 21.6. The summed E-state index contributed by atoms with van der Waals surface area (Å²) >= 11 is 0. The van der Waals surface area contributed by atoms with Crippen LogP contribution in [0.1, 0.15) is 65.2 Å². The van der Waals surface area contributed by atoms with E-state index in [1.807, 2.05) is 243 Å². The van der Waals surface area contributed by atoms with E-state index < -0.39 is 48.9 Å². The Hall–Kier alpha value is -10.7. The zero-order chi connectivity index (χ0) is 63.3. The first-order chi connectivity index (χ1) is 45.3. The van der Waals surface area contributed by atoms with E-state index in [2.05, 4.69) is 0 Å². The van der Waals surface area contributed by atoms with Crippen molar-refractivity contribution in [3.8, 4) is 45.6 Å². The minimum atomic E-state index is -1.92. The summed E-state index contributed by atoms with van der Waals surface area (Å²) < 4.78 is 73.3. The van der Waals surface area contributed by atoms with Crippen LogP contribution in [0, 0.1) is 0 Å². The fourth-order valence-corrected chi connectivity index (χ4v) is 10.4. The smallest absolute Gasteiger partial charge is 0.339 e. The maximum absolute atomic E-state index is 16.5. The number of ether oxygens (including phenoxy) is 11. The summed E-state index contributed by atoms with van der Waals surface area (Å²) in [7, 11) is 1.18. The fourth-order valence-electron chi connectivity index (χ4n) is 10.4. The Morgan fingerprint density at radius 3 is 1.03 bits per heavy atom. The molecule has 10 aromatic rings. The molecular weight excluding hydrogens is 1160 g/mol. The standard InChI is InChI=1S/C77H68O15/c1-82-77(81)74(90-51-60-40-24-9-25-41-60)73(89-50-59-38-22-8-23-39-59)68-63(78)52-91-75(79)61-42-64(83-44-53-26-10-2-11-27-53)69(85-46-55-30-14-4-15-31-55)71(87-48-57-34-18-6-19-35-57)66(61)67-62(76(80)92-68)43-65(84-45-54-28-12-3-13-29-54)70(86-47-56-32-16-5-17-33-56)72(67)88-49-58-36-20-7-21-37-58/h2-43,63,68,73-74,78H,44-52H2,1H3/t63-,68-,73+,74-/m1/s1. The molecule has 4 atom stereocenters. The van der Waals surface area contributed by atoms with Gasteiger partial charge in [-0.3, -0.25) is 0 Å². The van der Waals surface area contributed by atoms with Crippen LogP contribution in [0.25, 0.3) is 11.1 Å². The molecule has 0 aromatic heterocycles. The molecule has 0 spiro atoms. The number of rotatable bonds is 27. The quantitative estimate of drug-likeness (QED) is 0.0380. The Kier molecular flexibility index (Phi) is 21.6. The van der Waals surface area contributed by atoms with Crippen LogP contribution in [0.3, 0.4) is 0 Å². The van der Waals surface area contributed by atoms with E-state index in [1.165, 1.54) is 19.2 Å². The predicted molar refractivity (Wildman–Crippen MR) is 344 cm³/mol. The highest BCUT2D eigenvalue weighted by molar-refractivity contribution is 6.09. The van der Waals surface area contributed by atoms with E-state index in [4.69, 9.17) is 52.1 Å². The van der Waals surface area contributed by atoms with Gasteiger partial charge in [0.1, 0.15) is 58.5 Å². The third kappa shape index (κ3) is 16.4. The van der Waals surface area contributed by atoms with Crippen molar-refractivity contribution in [2.75, 3.05) is 13.7 Å². The van der Waals surface area contributed by atoms with Gasteiger partial charge in [0.25, 0.3) is 0 Å². The largest absolute Gasteiger partial charge is 0.485 e. The van der Waals surface area contributed by atoms with Gasteiger partial charge in [-0.25, -0.2) is 14.4 Å². The summed E-state index contributed by atoms with van der Waals surface area (Å²) in [5.74, 6) is -3.08. The molecule has 1 heterocycles. The summed E-state index contributed by atoms with van der Waals surface area (Å²) in [5.41, 5.74) is 5.23. The molecule has 0 saturated heterocycles. The van der Waals surface area contributed by atoms with Crippen LogP contribution < -0.4 is 28.4 Å². The number of esters is 3. The molecule has 11 rings (SSSR count). The van der Waals surface area contributed by atoms with Crippen LogP contribution in [0.4, 0.5) is 0 Å². The lowest BCUT2D eigenvalue weighted by Gasteiger charge is -2.34. The molecular formula is C77H68O15. The lowest BCUT2D eigenvalue weighted by Crippen LogP contribution is -2.53. The predicted octanol–water partition coefficient (Wildman–Crippen LogP) is 14.2. The second-order valence-electron chi connectivity index (χ2n) is 21.6. The van der Waals surface area contributed by atoms with Gasteiger partial charge in [0.05, 0.1) is 31.5 Å². The number of fused-ring (bicyclic) bond motifs is 3. The SMILES string of the molecule is COC(=O)[C@H](OCc1ccccc1)[C@@H](OCc1ccccc1)[C@@H]1OC(=O)c2cc(OCc3ccccc3)c(OCc3ccccc3)c(OCc3ccccc3)c2-c2c(cc(OCc3ccccc3)c(OCc3ccccc3)c2OCc2ccccc2)C(=O)OC[C@H]1O. The number of cyclic esters (lactones) is 2. The second kappa shape index (κ2) is 31.6. The van der Waals surface area contributed by atoms with E-state index in [9.17, 15) is 9.90 Å². The minimum absolute atomic E-state index is 0.000895. The summed E-state index contributed by atoms with van der Waals surface area (Å²) in [6.45, 7) is -1.47. The lowest BCUT2D eigenvalue weighted by molar-refractivity contribution is -0.189. The van der Waals surface area contributed by atoms with Crippen molar-refractivity contribution in [2.45, 2.75) is 77.3 Å². The van der Waals surface area contributed by atoms with Gasteiger partial charge >= 0.3 is 17.9 Å². The minimum Gasteiger partial charge on any atom is -0.485 e. The Bertz CT molecular complexity index is 3980. The van der Waals surface area contributed by atoms with Gasteiger partial charge in [0, 0.05) is 11.1 Å². The first-order valence-electron chi connectivity index (χ1n) is 30.1. The highest BCUT2D eigenvalue weighted by Crippen LogP contribution is 2.56. The van der Waals surface area contributed by atoms with Crippen LogP contribution >= 0.6 is 0 Å². The number of hydrogen-bond donors (Lipinski definition) is 1. The molecule has 0 saturated carbocycles. The molecule has 10 aromatic carbocycles. The van der Waals surface area contributed by atoms with Gasteiger partial charge in [0.15, 0.2) is 35.2 Å². The van der Waals surface area contributed by atoms with Crippen molar-refractivity contribution in [1.29, 1.82) is 0 Å². The molecule has 0 aliphatic carbocycles. The number of carbonyl (C=O) groups is 3. The highest BCUT2D eigenvalue weighted by atomic mass is 16.6. The van der Waals surface area contributed by atoms with Gasteiger partial charge in [-0.15, -0.1) is 0 Å². The van der Waals surface area contributed by atoms with Crippen molar-refractivity contribution in [3.63, 3.8) is 0 Å². The van der Waals surface area contributed by atoms with Gasteiger partial charge in [0.2, 0.25) is 11.5 Å². The molecule has 0 amide bonds. The van der Waals surface area contributed by atoms with Gasteiger partial charge in [-0.05, 0) is 56.6 Å². The zero-order valence-electron chi connectivity index (χ0n) is 50.6. The summed E-state index contributed by atoms with van der Waals surface area (Å²) in [4.78, 5) is 46.8. The Morgan fingerprint density at radius 1 is 0.402 bits per heavy atom. The van der Waals surface area contributed by atoms with E-state index in [0.29, 0.717) is 16.7 Å². The van der Waals surface area contributed by atoms with Crippen molar-refractivity contribution in [2.24, 2.45) is 0 Å². The number of hydrogen-bond acceptors (Lipinski definition) is 15. The molecule has 0 fully saturated rings. The van der Waals surface area contributed by atoms with E-state index in [1.54, 1.807) is 0 Å². The maximum atomic E-state index is 16.5. The Morgan fingerprint density at radius 2 is 0.696 bits per heavy atom. The fraction of sp³-hybridized carbons (Fsp3) is 0.182. The average Bonchev–Trinajstić information content (AvgIpc) is 0.902. The first-order valence-corrected chi connectivity index (χ1v) is 30.1. The van der Waals surface area contributed by atoms with E-state index in [0.717, 1.165) is 27.8 Å². The Labute approximate surface area is 534 Å². The molecule has 1 aliphatic rings. The molecule has 92 heavy (non-hydrogen) atoms. The molecule has 0 unspecified atom stereocenters. The molecule has 0 bridgehead atoms. The number of carbonyl (C=O) groups excluding carboxylic acids is 3. The third-order valence-electron chi connectivity index (χ3n) is 15.1. The van der Waals surface area contributed by atoms with Gasteiger partial charge < -0.3 is 57.2 Å². The van der Waals surface area contributed by atoms with Crippen LogP contribution in [0.5, 0.6) is 34.5 Å². The van der Waals surface area contributed by atoms with Crippen LogP contribution in [0.15, 0.2) is 255 Å². The molecule has 0 radical (unpaired) electrons. The molecule has 1 aliphatic heterocycles. The summed E-state index contributed by atoms with van der Waals surface area (Å²) in [6.07, 6.45) is -7.13. The Balaban J connectivity index is 1.20. The molecule has 15 heteroatoms. The number of methoxy groups -OCH3 is 1. The third-order valence-corrected chi connectivity index (χ3v) is 15.1. The number of benzene rings is 10. The monoisotopic (exact) mass is 1230 g/mol. The first kappa shape index (κ1) is 62.9. The summed E-state index contributed by atoms with van der Waals surface area (Å²) in [6, 6.07) is 77.7. The highest BCUT2D eigenvalue weighted by Gasteiger charge is 2.46. The van der Waals surface area contributed by atoms with Crippen LogP contribution in [0.2, 0.25) is 0 Å². The van der Waals surface area contributed by atoms with Crippen molar-refractivity contribution in [1.82, 2.24) is 0 Å². The lowest BCUT2D eigenvalue weighted by atomic mass is 9.91. The number of aliphatic hydroxyl groups is 1. The van der Waals surface area contributed by atoms with Crippen molar-refractivity contribution in [3.05, 3.63) is 310 Å². The molecule has 1 N–H and O–H groups in total. The maximum Gasteiger partial charge on any atom is 0.339 e. The van der Waals surface area contributed by atoms with E-state index >= 15 is 9.59 Å². The molecule has 466 valence electrons. The summed E-state index contributed by atoms with van der Waals surface area (Å²) in [5, 5.41) is 12.8. The zero-order valence-corrected chi connectivity index (χ0v) is 50.6. The van der Waals surface area contributed by atoms with E-state index in [-0.39, 0.29) is 110 Å². The van der Waals surface area contributed by atoms with Crippen molar-refractivity contribution < 1.29 is 71.6 Å². The van der Waals surface area contributed by atoms with Gasteiger partial charge in [-0.2, -0.15) is 0 Å².